The Labute approximate surface area is 218 Å². The number of carbonyl (C=O) groups excluding carboxylic acids is 2. The molecule has 4 aliphatic carbocycles. The van der Waals surface area contributed by atoms with Crippen molar-refractivity contribution in [2.75, 3.05) is 6.61 Å². The highest BCUT2D eigenvalue weighted by atomic mass is 16.6. The van der Waals surface area contributed by atoms with Gasteiger partial charge in [0.15, 0.2) is 6.61 Å². The summed E-state index contributed by atoms with van der Waals surface area (Å²) in [5.41, 5.74) is 0.160. The van der Waals surface area contributed by atoms with Gasteiger partial charge in [0.25, 0.3) is 0 Å². The van der Waals surface area contributed by atoms with E-state index in [0.29, 0.717) is 35.0 Å². The van der Waals surface area contributed by atoms with E-state index in [4.69, 9.17) is 9.47 Å². The second kappa shape index (κ2) is 10.4. The first-order valence-electron chi connectivity index (χ1n) is 14.6. The standard InChI is InChI=1S/C30H49NO5/c1-19(7-12-26(32)35-18-27(33)36-28(2,3)4)23-10-11-24-22-9-8-20-17-21(31-34)13-15-29(20,5)25(22)14-16-30(23,24)6/h19-25H,7-18H2,1-6H3. The number of hydrogen-bond donors (Lipinski definition) is 0. The van der Waals surface area contributed by atoms with Gasteiger partial charge in [0, 0.05) is 6.42 Å². The fraction of sp³-hybridized carbons (Fsp3) is 0.933. The first-order valence-corrected chi connectivity index (χ1v) is 14.6. The molecule has 9 atom stereocenters. The lowest BCUT2D eigenvalue weighted by atomic mass is 9.44. The Morgan fingerprint density at radius 2 is 1.64 bits per heavy atom. The summed E-state index contributed by atoms with van der Waals surface area (Å²) in [6.45, 7) is 12.5. The van der Waals surface area contributed by atoms with Crippen LogP contribution in [-0.2, 0) is 19.1 Å². The van der Waals surface area contributed by atoms with E-state index in [1.165, 1.54) is 44.9 Å². The average molecular weight is 504 g/mol. The van der Waals surface area contributed by atoms with Gasteiger partial charge in [-0.3, -0.25) is 4.79 Å². The number of ether oxygens (including phenoxy) is 2. The van der Waals surface area contributed by atoms with Gasteiger partial charge in [-0.2, -0.15) is 4.91 Å². The molecule has 0 N–H and O–H groups in total. The van der Waals surface area contributed by atoms with Crippen LogP contribution in [0.4, 0.5) is 0 Å². The lowest BCUT2D eigenvalue weighted by Gasteiger charge is -2.61. The van der Waals surface area contributed by atoms with Crippen molar-refractivity contribution < 1.29 is 19.1 Å². The molecule has 4 rings (SSSR count). The minimum Gasteiger partial charge on any atom is -0.457 e. The number of nitrogens with zero attached hydrogens (tertiary/aromatic N) is 1. The van der Waals surface area contributed by atoms with Crippen LogP contribution in [0.15, 0.2) is 5.18 Å². The molecule has 0 aromatic heterocycles. The van der Waals surface area contributed by atoms with Gasteiger partial charge in [0.05, 0.1) is 6.04 Å². The molecule has 6 heteroatoms. The van der Waals surface area contributed by atoms with Gasteiger partial charge in [0.2, 0.25) is 0 Å². The lowest BCUT2D eigenvalue weighted by Crippen LogP contribution is -2.54. The number of hydrogen-bond acceptors (Lipinski definition) is 6. The van der Waals surface area contributed by atoms with Crippen molar-refractivity contribution in [2.45, 2.75) is 124 Å². The zero-order valence-electron chi connectivity index (χ0n) is 23.5. The van der Waals surface area contributed by atoms with Crippen LogP contribution in [0.25, 0.3) is 0 Å². The van der Waals surface area contributed by atoms with Crippen LogP contribution >= 0.6 is 0 Å². The van der Waals surface area contributed by atoms with Gasteiger partial charge in [-0.15, -0.1) is 0 Å². The van der Waals surface area contributed by atoms with Crippen molar-refractivity contribution in [3.63, 3.8) is 0 Å². The van der Waals surface area contributed by atoms with E-state index in [1.54, 1.807) is 20.8 Å². The molecular weight excluding hydrogens is 454 g/mol. The number of fused-ring (bicyclic) bond motifs is 5. The van der Waals surface area contributed by atoms with Crippen LogP contribution in [0, 0.1) is 51.2 Å². The molecule has 36 heavy (non-hydrogen) atoms. The predicted molar refractivity (Wildman–Crippen MR) is 140 cm³/mol. The summed E-state index contributed by atoms with van der Waals surface area (Å²) in [6, 6.07) is 0.0426. The fourth-order valence-corrected chi connectivity index (χ4v) is 9.44. The van der Waals surface area contributed by atoms with E-state index >= 15 is 0 Å². The van der Waals surface area contributed by atoms with Crippen molar-refractivity contribution in [1.29, 1.82) is 0 Å². The smallest absolute Gasteiger partial charge is 0.344 e. The van der Waals surface area contributed by atoms with Gasteiger partial charge in [-0.05, 0) is 131 Å². The predicted octanol–water partition coefficient (Wildman–Crippen LogP) is 7.08. The Morgan fingerprint density at radius 1 is 0.944 bits per heavy atom. The Kier molecular flexibility index (Phi) is 7.94. The average Bonchev–Trinajstić information content (AvgIpc) is 3.17. The largest absolute Gasteiger partial charge is 0.457 e. The van der Waals surface area contributed by atoms with Crippen molar-refractivity contribution in [3.8, 4) is 0 Å². The zero-order valence-corrected chi connectivity index (χ0v) is 23.5. The third-order valence-corrected chi connectivity index (χ3v) is 11.1. The molecule has 6 nitrogen and oxygen atoms in total. The molecule has 0 amide bonds. The molecule has 0 saturated heterocycles. The Hall–Kier alpha value is -1.46. The van der Waals surface area contributed by atoms with E-state index in [-0.39, 0.29) is 18.6 Å². The second-order valence-corrected chi connectivity index (χ2v) is 14.2. The van der Waals surface area contributed by atoms with Crippen LogP contribution in [0.1, 0.15) is 112 Å². The first kappa shape index (κ1) is 27.6. The van der Waals surface area contributed by atoms with E-state index in [1.807, 2.05) is 0 Å². The highest BCUT2D eigenvalue weighted by molar-refractivity contribution is 5.76. The van der Waals surface area contributed by atoms with E-state index in [9.17, 15) is 14.5 Å². The molecule has 0 spiro atoms. The lowest BCUT2D eigenvalue weighted by molar-refractivity contribution is -0.166. The number of rotatable bonds is 7. The first-order chi connectivity index (χ1) is 16.9. The van der Waals surface area contributed by atoms with Crippen LogP contribution in [0.2, 0.25) is 0 Å². The summed E-state index contributed by atoms with van der Waals surface area (Å²) in [5, 5.41) is 3.43. The highest BCUT2D eigenvalue weighted by Gasteiger charge is 2.60. The van der Waals surface area contributed by atoms with Crippen molar-refractivity contribution in [3.05, 3.63) is 4.91 Å². The van der Waals surface area contributed by atoms with Crippen LogP contribution in [0.3, 0.4) is 0 Å². The summed E-state index contributed by atoms with van der Waals surface area (Å²) in [4.78, 5) is 35.4. The molecule has 0 aromatic carbocycles. The number of esters is 2. The summed E-state index contributed by atoms with van der Waals surface area (Å²) in [6.07, 6.45) is 12.1. The van der Waals surface area contributed by atoms with E-state index in [2.05, 4.69) is 25.9 Å². The van der Waals surface area contributed by atoms with Gasteiger partial charge in [-0.1, -0.05) is 25.9 Å². The zero-order chi connectivity index (χ0) is 26.3. The molecule has 0 bridgehead atoms. The molecule has 0 heterocycles. The molecule has 4 aliphatic rings. The topological polar surface area (TPSA) is 82.0 Å². The number of carbonyl (C=O) groups is 2. The summed E-state index contributed by atoms with van der Waals surface area (Å²) in [7, 11) is 0. The normalized spacial score (nSPS) is 40.8. The summed E-state index contributed by atoms with van der Waals surface area (Å²) >= 11 is 0. The Balaban J connectivity index is 1.32. The quantitative estimate of drug-likeness (QED) is 0.274. The summed E-state index contributed by atoms with van der Waals surface area (Å²) < 4.78 is 10.4. The maximum absolute atomic E-state index is 12.3. The minimum absolute atomic E-state index is 0.0426. The third-order valence-electron chi connectivity index (χ3n) is 11.1. The van der Waals surface area contributed by atoms with Gasteiger partial charge < -0.3 is 9.47 Å². The SMILES string of the molecule is CC(CCC(=O)OCC(=O)OC(C)(C)C)C1CCC2C3CCC4CC(N=O)CCC4(C)C3CCC12C. The maximum Gasteiger partial charge on any atom is 0.344 e. The Morgan fingerprint density at radius 3 is 2.33 bits per heavy atom. The van der Waals surface area contributed by atoms with Gasteiger partial charge >= 0.3 is 11.9 Å². The molecule has 204 valence electrons. The minimum atomic E-state index is -0.575. The van der Waals surface area contributed by atoms with Gasteiger partial charge in [-0.25, -0.2) is 4.79 Å². The highest BCUT2D eigenvalue weighted by Crippen LogP contribution is 2.68. The number of nitroso groups, excluding NO2 is 1. The second-order valence-electron chi connectivity index (χ2n) is 14.2. The molecule has 4 saturated carbocycles. The summed E-state index contributed by atoms with van der Waals surface area (Å²) in [5.74, 6) is 3.36. The molecule has 0 aliphatic heterocycles. The fourth-order valence-electron chi connectivity index (χ4n) is 9.44. The molecule has 0 radical (unpaired) electrons. The molecular formula is C30H49NO5. The monoisotopic (exact) mass is 503 g/mol. The maximum atomic E-state index is 12.3. The van der Waals surface area contributed by atoms with E-state index < -0.39 is 11.6 Å². The van der Waals surface area contributed by atoms with Crippen LogP contribution in [0.5, 0.6) is 0 Å². The van der Waals surface area contributed by atoms with Crippen LogP contribution in [-0.4, -0.2) is 30.2 Å². The van der Waals surface area contributed by atoms with Crippen molar-refractivity contribution in [1.82, 2.24) is 0 Å². The molecule has 9 unspecified atom stereocenters. The van der Waals surface area contributed by atoms with Gasteiger partial charge in [0.1, 0.15) is 5.60 Å². The van der Waals surface area contributed by atoms with Crippen molar-refractivity contribution >= 4 is 11.9 Å². The van der Waals surface area contributed by atoms with E-state index in [0.717, 1.165) is 37.0 Å². The Bertz CT molecular complexity index is 836. The third kappa shape index (κ3) is 5.38. The van der Waals surface area contributed by atoms with Crippen molar-refractivity contribution in [2.24, 2.45) is 51.5 Å². The molecule has 4 fully saturated rings. The molecule has 0 aromatic rings. The van der Waals surface area contributed by atoms with Crippen LogP contribution < -0.4 is 0 Å².